The minimum Gasteiger partial charge on any atom is -0.490 e. The first kappa shape index (κ1) is 37.0. The number of carbonyl (C=O) groups excluding carboxylic acids is 4. The summed E-state index contributed by atoms with van der Waals surface area (Å²) in [5.74, 6) is 2.77. The zero-order valence-electron chi connectivity index (χ0n) is 25.3. The fourth-order valence-corrected chi connectivity index (χ4v) is 9.81. The summed E-state index contributed by atoms with van der Waals surface area (Å²) in [7, 11) is 0. The third-order valence-electron chi connectivity index (χ3n) is 6.11. The van der Waals surface area contributed by atoms with Gasteiger partial charge in [-0.1, -0.05) is 24.9 Å². The van der Waals surface area contributed by atoms with Gasteiger partial charge in [-0.05, 0) is 48.5 Å². The van der Waals surface area contributed by atoms with Crippen molar-refractivity contribution >= 4 is 82.7 Å². The van der Waals surface area contributed by atoms with Crippen LogP contribution in [0.3, 0.4) is 0 Å². The van der Waals surface area contributed by atoms with Crippen molar-refractivity contribution < 1.29 is 47.6 Å². The van der Waals surface area contributed by atoms with Crippen LogP contribution in [0.5, 0.6) is 11.5 Å². The molecule has 0 N–H and O–H groups in total. The molecule has 2 unspecified atom stereocenters. The van der Waals surface area contributed by atoms with Crippen LogP contribution in [0.15, 0.2) is 83.6 Å². The van der Waals surface area contributed by atoms with Gasteiger partial charge >= 0.3 is 23.9 Å². The Hall–Kier alpha value is -2.85. The topological polar surface area (TPSA) is 124 Å². The molecule has 2 saturated heterocycles. The number of thioether (sulfide) groups is 4. The molecule has 2 fully saturated rings. The zero-order chi connectivity index (χ0) is 33.4. The molecule has 252 valence electrons. The van der Waals surface area contributed by atoms with E-state index in [0.717, 1.165) is 45.0 Å². The summed E-state index contributed by atoms with van der Waals surface area (Å²) < 4.78 is 32.5. The number of rotatable bonds is 18. The van der Waals surface area contributed by atoms with Crippen molar-refractivity contribution in [1.82, 2.24) is 0 Å². The molecule has 10 nitrogen and oxygen atoms in total. The highest BCUT2D eigenvalue weighted by atomic mass is 32.2. The SMILES string of the molecule is C=CC(=O)OC(COC(=O)C1SCCS1)COc1ccc(Sc2ccc(OCC(COC(=O)C3SCCS3)OC(=O)C=C)cc2)cc1. The van der Waals surface area contributed by atoms with Crippen LogP contribution in [0.4, 0.5) is 0 Å². The highest BCUT2D eigenvalue weighted by Crippen LogP contribution is 2.34. The smallest absolute Gasteiger partial charge is 0.330 e. The average molecular weight is 739 g/mol. The predicted molar refractivity (Wildman–Crippen MR) is 187 cm³/mol. The molecule has 15 heteroatoms. The Bertz CT molecular complexity index is 1260. The van der Waals surface area contributed by atoms with E-state index in [1.54, 1.807) is 24.3 Å². The van der Waals surface area contributed by atoms with E-state index in [0.29, 0.717) is 11.5 Å². The third-order valence-corrected chi connectivity index (χ3v) is 13.0. The molecule has 2 aromatic carbocycles. The average Bonchev–Trinajstić information content (AvgIpc) is 3.84. The number of benzene rings is 2. The van der Waals surface area contributed by atoms with E-state index in [1.807, 2.05) is 24.3 Å². The summed E-state index contributed by atoms with van der Waals surface area (Å²) in [6, 6.07) is 14.8. The highest BCUT2D eigenvalue weighted by Gasteiger charge is 2.28. The summed E-state index contributed by atoms with van der Waals surface area (Å²) in [5, 5.41) is 0. The Kier molecular flexibility index (Phi) is 15.6. The van der Waals surface area contributed by atoms with Crippen LogP contribution in [0.1, 0.15) is 0 Å². The van der Waals surface area contributed by atoms with Crippen molar-refractivity contribution in [3.05, 3.63) is 73.8 Å². The van der Waals surface area contributed by atoms with E-state index < -0.39 is 24.1 Å². The van der Waals surface area contributed by atoms with Gasteiger partial charge in [-0.15, -0.1) is 47.0 Å². The Balaban J connectivity index is 1.23. The molecule has 0 radical (unpaired) electrons. The van der Waals surface area contributed by atoms with E-state index in [9.17, 15) is 19.2 Å². The first-order chi connectivity index (χ1) is 22.8. The number of esters is 4. The van der Waals surface area contributed by atoms with Gasteiger partial charge in [0.1, 0.15) is 47.1 Å². The molecule has 47 heavy (non-hydrogen) atoms. The van der Waals surface area contributed by atoms with Crippen molar-refractivity contribution in [3.8, 4) is 11.5 Å². The van der Waals surface area contributed by atoms with Gasteiger partial charge < -0.3 is 28.4 Å². The largest absolute Gasteiger partial charge is 0.490 e. The van der Waals surface area contributed by atoms with Crippen molar-refractivity contribution in [2.24, 2.45) is 0 Å². The number of ether oxygens (including phenoxy) is 6. The Labute approximate surface area is 294 Å². The second kappa shape index (κ2) is 19.8. The van der Waals surface area contributed by atoms with E-state index >= 15 is 0 Å². The van der Waals surface area contributed by atoms with Gasteiger partial charge in [0.05, 0.1) is 0 Å². The lowest BCUT2D eigenvalue weighted by Crippen LogP contribution is -2.31. The lowest BCUT2D eigenvalue weighted by atomic mass is 10.3. The molecule has 0 bridgehead atoms. The summed E-state index contributed by atoms with van der Waals surface area (Å²) in [5.41, 5.74) is 0. The van der Waals surface area contributed by atoms with Gasteiger partial charge in [0.15, 0.2) is 12.2 Å². The van der Waals surface area contributed by atoms with Gasteiger partial charge in [0, 0.05) is 45.0 Å². The van der Waals surface area contributed by atoms with E-state index in [1.165, 1.54) is 58.8 Å². The molecule has 0 aliphatic carbocycles. The molecule has 4 rings (SSSR count). The maximum absolute atomic E-state index is 12.3. The molecule has 0 spiro atoms. The van der Waals surface area contributed by atoms with Crippen LogP contribution in [0, 0.1) is 0 Å². The molecule has 2 atom stereocenters. The lowest BCUT2D eigenvalue weighted by Gasteiger charge is -2.19. The number of hydrogen-bond acceptors (Lipinski definition) is 15. The van der Waals surface area contributed by atoms with Gasteiger partial charge in [-0.25, -0.2) is 19.2 Å². The van der Waals surface area contributed by atoms with E-state index in [4.69, 9.17) is 28.4 Å². The Morgan fingerprint density at radius 1 is 0.638 bits per heavy atom. The molecular weight excluding hydrogens is 705 g/mol. The Morgan fingerprint density at radius 2 is 1.00 bits per heavy atom. The lowest BCUT2D eigenvalue weighted by molar-refractivity contribution is -0.156. The van der Waals surface area contributed by atoms with Gasteiger partial charge in [0.25, 0.3) is 0 Å². The molecule has 2 aliphatic rings. The fraction of sp³-hybridized carbons (Fsp3) is 0.375. The second-order valence-corrected chi connectivity index (χ2v) is 16.2. The third kappa shape index (κ3) is 12.9. The van der Waals surface area contributed by atoms with Crippen LogP contribution < -0.4 is 9.47 Å². The van der Waals surface area contributed by atoms with E-state index in [2.05, 4.69) is 13.2 Å². The summed E-state index contributed by atoms with van der Waals surface area (Å²) in [4.78, 5) is 50.0. The van der Waals surface area contributed by atoms with Crippen LogP contribution in [0.2, 0.25) is 0 Å². The minimum absolute atomic E-state index is 0.000497. The van der Waals surface area contributed by atoms with Crippen LogP contribution >= 0.6 is 58.8 Å². The number of carbonyl (C=O) groups is 4. The zero-order valence-corrected chi connectivity index (χ0v) is 29.4. The fourth-order valence-electron chi connectivity index (χ4n) is 3.85. The van der Waals surface area contributed by atoms with Crippen molar-refractivity contribution in [2.45, 2.75) is 31.2 Å². The minimum atomic E-state index is -0.787. The summed E-state index contributed by atoms with van der Waals surface area (Å²) in [6.45, 7) is 6.60. The van der Waals surface area contributed by atoms with Gasteiger partial charge in [-0.2, -0.15) is 0 Å². The molecule has 2 aromatic rings. The summed E-state index contributed by atoms with van der Waals surface area (Å²) >= 11 is 7.68. The molecular formula is C32H34O10S5. The predicted octanol–water partition coefficient (Wildman–Crippen LogP) is 5.49. The van der Waals surface area contributed by atoms with Crippen LogP contribution in [-0.4, -0.2) is 94.7 Å². The normalized spacial score (nSPS) is 16.0. The van der Waals surface area contributed by atoms with Crippen molar-refractivity contribution in [2.75, 3.05) is 49.4 Å². The maximum Gasteiger partial charge on any atom is 0.330 e. The van der Waals surface area contributed by atoms with Gasteiger partial charge in [-0.3, -0.25) is 0 Å². The molecule has 0 amide bonds. The standard InChI is InChI=1S/C32H34O10S5/c1-3-27(33)41-23(19-39-29(35)31-43-13-14-44-31)17-37-21-5-9-25(10-6-21)47-26-11-7-22(8-12-26)38-18-24(42-28(34)4-2)20-40-30(36)32-45-15-16-46-32/h3-12,23-24,31-32H,1-2,13-20H2. The highest BCUT2D eigenvalue weighted by molar-refractivity contribution is 8.21. The van der Waals surface area contributed by atoms with Crippen LogP contribution in [0.25, 0.3) is 0 Å². The first-order valence-corrected chi connectivity index (χ1v) is 19.4. The molecule has 0 aromatic heterocycles. The molecule has 0 saturated carbocycles. The van der Waals surface area contributed by atoms with Gasteiger partial charge in [0.2, 0.25) is 0 Å². The summed E-state index contributed by atoms with van der Waals surface area (Å²) in [6.07, 6.45) is 0.528. The van der Waals surface area contributed by atoms with Crippen molar-refractivity contribution in [3.63, 3.8) is 0 Å². The number of hydrogen-bond donors (Lipinski definition) is 0. The van der Waals surface area contributed by atoms with Crippen molar-refractivity contribution in [1.29, 1.82) is 0 Å². The monoisotopic (exact) mass is 738 g/mol. The molecule has 2 heterocycles. The maximum atomic E-state index is 12.3. The molecule has 2 aliphatic heterocycles. The van der Waals surface area contributed by atoms with Crippen LogP contribution in [-0.2, 0) is 38.1 Å². The second-order valence-electron chi connectivity index (χ2n) is 9.60. The Morgan fingerprint density at radius 3 is 1.34 bits per heavy atom. The van der Waals surface area contributed by atoms with E-state index in [-0.39, 0.29) is 47.5 Å². The quantitative estimate of drug-likeness (QED) is 0.109. The first-order valence-electron chi connectivity index (χ1n) is 14.4.